The summed E-state index contributed by atoms with van der Waals surface area (Å²) in [5, 5.41) is 0. The number of nitrogens with zero attached hydrogens (tertiary/aromatic N) is 2. The Morgan fingerprint density at radius 1 is 1.27 bits per heavy atom. The Kier molecular flexibility index (Phi) is 5.11. The molecule has 0 N–H and O–H groups in total. The minimum absolute atomic E-state index is 0.0433. The van der Waals surface area contributed by atoms with Gasteiger partial charge in [0.25, 0.3) is 0 Å². The molecule has 0 spiro atoms. The van der Waals surface area contributed by atoms with Crippen molar-refractivity contribution in [3.05, 3.63) is 59.4 Å². The van der Waals surface area contributed by atoms with Crippen LogP contribution in [0, 0.1) is 6.92 Å². The molecule has 1 saturated carbocycles. The van der Waals surface area contributed by atoms with E-state index in [9.17, 15) is 13.2 Å². The van der Waals surface area contributed by atoms with Gasteiger partial charge in [-0.25, -0.2) is 13.2 Å². The Balaban J connectivity index is 2.06. The van der Waals surface area contributed by atoms with E-state index in [2.05, 4.69) is 4.98 Å². The maximum Gasteiger partial charge on any atom is 0.337 e. The Labute approximate surface area is 153 Å². The molecular formula is C19H22N2O4S. The molecule has 1 fully saturated rings. The summed E-state index contributed by atoms with van der Waals surface area (Å²) in [5.74, 6) is -0.558. The number of sulfonamides is 1. The fourth-order valence-corrected chi connectivity index (χ4v) is 5.15. The van der Waals surface area contributed by atoms with Gasteiger partial charge in [-0.15, -0.1) is 0 Å². The van der Waals surface area contributed by atoms with Crippen molar-refractivity contribution in [2.45, 2.75) is 43.7 Å². The second kappa shape index (κ2) is 7.17. The number of rotatable bonds is 6. The molecular weight excluding hydrogens is 352 g/mol. The fraction of sp³-hybridized carbons (Fsp3) is 0.368. The topological polar surface area (TPSA) is 76.6 Å². The molecule has 0 bridgehead atoms. The average Bonchev–Trinajstić information content (AvgIpc) is 3.46. The number of hydrogen-bond donors (Lipinski definition) is 0. The van der Waals surface area contributed by atoms with Crippen molar-refractivity contribution in [1.29, 1.82) is 0 Å². The Hall–Kier alpha value is -2.25. The van der Waals surface area contributed by atoms with Gasteiger partial charge in [-0.3, -0.25) is 4.98 Å². The third-order valence-electron chi connectivity index (χ3n) is 4.57. The van der Waals surface area contributed by atoms with Crippen LogP contribution in [0.4, 0.5) is 0 Å². The van der Waals surface area contributed by atoms with Crippen LogP contribution in [0.5, 0.6) is 0 Å². The molecule has 0 aliphatic heterocycles. The van der Waals surface area contributed by atoms with Gasteiger partial charge >= 0.3 is 5.97 Å². The van der Waals surface area contributed by atoms with Gasteiger partial charge in [0.15, 0.2) is 0 Å². The number of methoxy groups -OCH3 is 1. The number of esters is 1. The summed E-state index contributed by atoms with van der Waals surface area (Å²) in [6, 6.07) is 9.65. The van der Waals surface area contributed by atoms with E-state index in [1.807, 2.05) is 19.1 Å². The molecule has 7 heteroatoms. The van der Waals surface area contributed by atoms with Crippen LogP contribution >= 0.6 is 0 Å². The normalized spacial score (nSPS) is 15.7. The van der Waals surface area contributed by atoms with Gasteiger partial charge in [0.2, 0.25) is 10.0 Å². The van der Waals surface area contributed by atoms with Gasteiger partial charge in [-0.1, -0.05) is 12.1 Å². The van der Waals surface area contributed by atoms with E-state index in [1.54, 1.807) is 31.3 Å². The van der Waals surface area contributed by atoms with E-state index >= 15 is 0 Å². The number of carbonyl (C=O) groups excluding carboxylic acids is 1. The summed E-state index contributed by atoms with van der Waals surface area (Å²) in [4.78, 5) is 16.3. The molecule has 3 rings (SSSR count). The lowest BCUT2D eigenvalue weighted by atomic mass is 10.1. The number of hydrogen-bond acceptors (Lipinski definition) is 5. The molecule has 1 aromatic heterocycles. The number of aromatic nitrogens is 1. The van der Waals surface area contributed by atoms with E-state index < -0.39 is 22.0 Å². The molecule has 2 aromatic rings. The van der Waals surface area contributed by atoms with Crippen LogP contribution < -0.4 is 0 Å². The molecule has 6 nitrogen and oxygen atoms in total. The molecule has 1 aliphatic carbocycles. The van der Waals surface area contributed by atoms with E-state index in [4.69, 9.17) is 4.74 Å². The molecule has 1 aliphatic rings. The molecule has 26 heavy (non-hydrogen) atoms. The van der Waals surface area contributed by atoms with Crippen LogP contribution in [0.3, 0.4) is 0 Å². The van der Waals surface area contributed by atoms with Gasteiger partial charge in [-0.2, -0.15) is 4.31 Å². The number of ether oxygens (including phenoxy) is 1. The van der Waals surface area contributed by atoms with Gasteiger partial charge in [0.1, 0.15) is 0 Å². The summed E-state index contributed by atoms with van der Waals surface area (Å²) in [6.07, 6.45) is 3.31. The van der Waals surface area contributed by atoms with Crippen LogP contribution in [0.1, 0.15) is 47.4 Å². The number of aryl methyl sites for hydroxylation is 1. The fourth-order valence-electron chi connectivity index (χ4n) is 3.04. The summed E-state index contributed by atoms with van der Waals surface area (Å²) in [6.45, 7) is 3.57. The first-order chi connectivity index (χ1) is 12.4. The van der Waals surface area contributed by atoms with Crippen LogP contribution in [0.25, 0.3) is 0 Å². The zero-order valence-corrected chi connectivity index (χ0v) is 15.9. The van der Waals surface area contributed by atoms with E-state index in [-0.39, 0.29) is 16.5 Å². The zero-order chi connectivity index (χ0) is 18.9. The largest absolute Gasteiger partial charge is 0.465 e. The zero-order valence-electron chi connectivity index (χ0n) is 15.0. The second-order valence-corrected chi connectivity index (χ2v) is 8.28. The Bertz CT molecular complexity index is 908. The predicted molar refractivity (Wildman–Crippen MR) is 97.2 cm³/mol. The highest BCUT2D eigenvalue weighted by molar-refractivity contribution is 7.89. The first-order valence-corrected chi connectivity index (χ1v) is 9.93. The monoisotopic (exact) mass is 374 g/mol. The van der Waals surface area contributed by atoms with Crippen LogP contribution in [-0.4, -0.2) is 36.8 Å². The third-order valence-corrected chi connectivity index (χ3v) is 6.73. The minimum atomic E-state index is -3.79. The Morgan fingerprint density at radius 3 is 2.58 bits per heavy atom. The summed E-state index contributed by atoms with van der Waals surface area (Å²) < 4.78 is 33.2. The standard InChI is InChI=1S/C19H22N2O4S/c1-13-7-8-15(19(22)25-3)12-18(13)26(23,24)21(16-9-10-16)14(2)17-6-4-5-11-20-17/h4-8,11-12,14,16H,9-10H2,1-3H3/t14-/m0/s1. The van der Waals surface area contributed by atoms with Gasteiger partial charge in [0, 0.05) is 12.2 Å². The summed E-state index contributed by atoms with van der Waals surface area (Å²) in [5.41, 5.74) is 1.51. The summed E-state index contributed by atoms with van der Waals surface area (Å²) in [7, 11) is -2.52. The predicted octanol–water partition coefficient (Wildman–Crippen LogP) is 3.09. The van der Waals surface area contributed by atoms with Crippen molar-refractivity contribution in [1.82, 2.24) is 9.29 Å². The lowest BCUT2D eigenvalue weighted by Crippen LogP contribution is -2.36. The third kappa shape index (κ3) is 3.50. The number of carbonyl (C=O) groups is 1. The molecule has 1 heterocycles. The highest BCUT2D eigenvalue weighted by Crippen LogP contribution is 2.39. The lowest BCUT2D eigenvalue weighted by Gasteiger charge is -2.28. The maximum absolute atomic E-state index is 13.5. The first-order valence-electron chi connectivity index (χ1n) is 8.49. The van der Waals surface area contributed by atoms with Gasteiger partial charge < -0.3 is 4.74 Å². The molecule has 0 saturated heterocycles. The SMILES string of the molecule is COC(=O)c1ccc(C)c(S(=O)(=O)N(C2CC2)[C@@H](C)c2ccccn2)c1. The number of pyridine rings is 1. The highest BCUT2D eigenvalue weighted by Gasteiger charge is 2.42. The van der Waals surface area contributed by atoms with E-state index in [0.717, 1.165) is 12.8 Å². The van der Waals surface area contributed by atoms with Gasteiger partial charge in [-0.05, 0) is 56.5 Å². The van der Waals surface area contributed by atoms with Crippen LogP contribution in [0.15, 0.2) is 47.5 Å². The second-order valence-electron chi connectivity index (χ2n) is 6.47. The first kappa shape index (κ1) is 18.5. The smallest absolute Gasteiger partial charge is 0.337 e. The summed E-state index contributed by atoms with van der Waals surface area (Å²) >= 11 is 0. The van der Waals surface area contributed by atoms with Crippen molar-refractivity contribution >= 4 is 16.0 Å². The highest BCUT2D eigenvalue weighted by atomic mass is 32.2. The molecule has 138 valence electrons. The van der Waals surface area contributed by atoms with Crippen LogP contribution in [-0.2, 0) is 14.8 Å². The van der Waals surface area contributed by atoms with Crippen molar-refractivity contribution < 1.29 is 17.9 Å². The average molecular weight is 374 g/mol. The van der Waals surface area contributed by atoms with E-state index in [0.29, 0.717) is 11.3 Å². The molecule has 0 radical (unpaired) electrons. The van der Waals surface area contributed by atoms with Crippen molar-refractivity contribution in [2.24, 2.45) is 0 Å². The number of benzene rings is 1. The molecule has 1 aromatic carbocycles. The Morgan fingerprint density at radius 2 is 2.00 bits per heavy atom. The van der Waals surface area contributed by atoms with Crippen molar-refractivity contribution in [3.63, 3.8) is 0 Å². The maximum atomic E-state index is 13.5. The van der Waals surface area contributed by atoms with E-state index in [1.165, 1.54) is 17.5 Å². The van der Waals surface area contributed by atoms with Crippen molar-refractivity contribution in [2.75, 3.05) is 7.11 Å². The molecule has 0 amide bonds. The minimum Gasteiger partial charge on any atom is -0.465 e. The lowest BCUT2D eigenvalue weighted by molar-refractivity contribution is 0.0600. The quantitative estimate of drug-likeness (QED) is 0.726. The van der Waals surface area contributed by atoms with Crippen molar-refractivity contribution in [3.8, 4) is 0 Å². The molecule has 0 unspecified atom stereocenters. The van der Waals surface area contributed by atoms with Crippen LogP contribution in [0.2, 0.25) is 0 Å². The molecule has 1 atom stereocenters. The van der Waals surface area contributed by atoms with Gasteiger partial charge in [0.05, 0.1) is 29.3 Å².